The van der Waals surface area contributed by atoms with Crippen molar-refractivity contribution >= 4 is 11.7 Å². The first-order valence-corrected chi connectivity index (χ1v) is 16.1. The molecule has 1 amide bonds. The molecule has 1 aromatic heterocycles. The van der Waals surface area contributed by atoms with Crippen LogP contribution in [0.3, 0.4) is 0 Å². The van der Waals surface area contributed by atoms with Gasteiger partial charge < -0.3 is 14.9 Å². The summed E-state index contributed by atoms with van der Waals surface area (Å²) in [4.78, 5) is 19.4. The first-order chi connectivity index (χ1) is 21.5. The highest BCUT2D eigenvalue weighted by atomic mass is 19.4. The molecule has 3 aromatic rings. The van der Waals surface area contributed by atoms with Gasteiger partial charge in [0, 0.05) is 46.3 Å². The minimum absolute atomic E-state index is 0.00706. The summed E-state index contributed by atoms with van der Waals surface area (Å²) in [6, 6.07) is 14.0. The second kappa shape index (κ2) is 11.6. The van der Waals surface area contributed by atoms with E-state index in [1.165, 1.54) is 56.7 Å². The average molecular weight is 620 g/mol. The summed E-state index contributed by atoms with van der Waals surface area (Å²) >= 11 is 0. The molecule has 4 aliphatic carbocycles. The Hall–Kier alpha value is -3.66. The molecule has 0 spiro atoms. The van der Waals surface area contributed by atoms with Crippen LogP contribution in [0.2, 0.25) is 0 Å². The third-order valence-electron chi connectivity index (χ3n) is 10.6. The third-order valence-corrected chi connectivity index (χ3v) is 10.6. The van der Waals surface area contributed by atoms with E-state index < -0.39 is 11.7 Å². The second-order valence-electron chi connectivity index (χ2n) is 14.1. The number of carbonyl (C=O) groups excluding carboxylic acids is 1. The van der Waals surface area contributed by atoms with Gasteiger partial charge >= 0.3 is 6.18 Å². The molecular weight excluding hydrogens is 579 g/mol. The van der Waals surface area contributed by atoms with Crippen molar-refractivity contribution in [3.05, 3.63) is 71.4 Å². The molecule has 2 heterocycles. The zero-order valence-corrected chi connectivity index (χ0v) is 25.6. The molecule has 1 aliphatic heterocycles. The van der Waals surface area contributed by atoms with E-state index in [0.29, 0.717) is 60.9 Å². The molecule has 45 heavy (non-hydrogen) atoms. The van der Waals surface area contributed by atoms with Crippen LogP contribution in [0.5, 0.6) is 5.75 Å². The predicted molar refractivity (Wildman–Crippen MR) is 166 cm³/mol. The van der Waals surface area contributed by atoms with E-state index in [2.05, 4.69) is 20.0 Å². The van der Waals surface area contributed by atoms with Crippen LogP contribution in [-0.2, 0) is 12.7 Å². The lowest BCUT2D eigenvalue weighted by Gasteiger charge is -2.57. The Morgan fingerprint density at radius 3 is 2.20 bits per heavy atom. The fourth-order valence-electron chi connectivity index (χ4n) is 9.05. The van der Waals surface area contributed by atoms with Crippen LogP contribution < -0.4 is 4.90 Å². The number of amides is 1. The van der Waals surface area contributed by atoms with Crippen LogP contribution in [0.1, 0.15) is 60.1 Å². The lowest BCUT2D eigenvalue weighted by Crippen LogP contribution is -2.51. The van der Waals surface area contributed by atoms with Crippen LogP contribution >= 0.6 is 0 Å². The standard InChI is InChI=1S/C35H40F3N5O2/c1-41(22-34-18-23-11-24(19-34)13-25(12-23)20-34)33(45)31-5-6-32(40-39-31)43-9-7-42(8-10-43)21-26-14-28(16-29(15-26)35(36,37)38)27-3-2-4-30(44)17-27/h2-6,14-17,23-25,44H,7-13,18-22H2,1H3. The number of phenolic OH excluding ortho intramolecular Hbond substituents is 1. The predicted octanol–water partition coefficient (Wildman–Crippen LogP) is 6.48. The van der Waals surface area contributed by atoms with Crippen LogP contribution in [0.4, 0.5) is 19.0 Å². The van der Waals surface area contributed by atoms with Gasteiger partial charge in [-0.1, -0.05) is 12.1 Å². The molecule has 4 bridgehead atoms. The largest absolute Gasteiger partial charge is 0.508 e. The van der Waals surface area contributed by atoms with Crippen molar-refractivity contribution in [2.75, 3.05) is 44.7 Å². The molecule has 0 atom stereocenters. The molecule has 238 valence electrons. The van der Waals surface area contributed by atoms with Crippen molar-refractivity contribution in [2.24, 2.45) is 23.2 Å². The number of carbonyl (C=O) groups is 1. The van der Waals surface area contributed by atoms with Crippen molar-refractivity contribution in [3.8, 4) is 16.9 Å². The van der Waals surface area contributed by atoms with Gasteiger partial charge in [-0.3, -0.25) is 9.69 Å². The van der Waals surface area contributed by atoms with Gasteiger partial charge in [0.1, 0.15) is 5.75 Å². The summed E-state index contributed by atoms with van der Waals surface area (Å²) < 4.78 is 41.2. The number of hydrogen-bond donors (Lipinski definition) is 1. The number of aromatic nitrogens is 2. The van der Waals surface area contributed by atoms with Gasteiger partial charge in [-0.05, 0) is 121 Å². The number of phenols is 1. The van der Waals surface area contributed by atoms with Gasteiger partial charge in [-0.15, -0.1) is 10.2 Å². The first-order valence-electron chi connectivity index (χ1n) is 16.1. The summed E-state index contributed by atoms with van der Waals surface area (Å²) in [5.74, 6) is 3.14. The Kier molecular flexibility index (Phi) is 7.74. The summed E-state index contributed by atoms with van der Waals surface area (Å²) in [5, 5.41) is 18.6. The molecule has 4 saturated carbocycles. The van der Waals surface area contributed by atoms with E-state index in [9.17, 15) is 23.1 Å². The van der Waals surface area contributed by atoms with E-state index in [1.807, 2.05) is 18.0 Å². The first kappa shape index (κ1) is 30.0. The fourth-order valence-corrected chi connectivity index (χ4v) is 9.05. The van der Waals surface area contributed by atoms with Crippen LogP contribution in [0, 0.1) is 23.2 Å². The van der Waals surface area contributed by atoms with Crippen LogP contribution in [0.25, 0.3) is 11.1 Å². The van der Waals surface area contributed by atoms with Crippen molar-refractivity contribution in [3.63, 3.8) is 0 Å². The Balaban J connectivity index is 0.963. The van der Waals surface area contributed by atoms with E-state index in [1.54, 1.807) is 24.3 Å². The fraction of sp³-hybridized carbons (Fsp3) is 0.514. The quantitative estimate of drug-likeness (QED) is 0.327. The molecule has 7 nitrogen and oxygen atoms in total. The van der Waals surface area contributed by atoms with E-state index in [0.717, 1.165) is 30.4 Å². The smallest absolute Gasteiger partial charge is 0.416 e. The minimum Gasteiger partial charge on any atom is -0.508 e. The highest BCUT2D eigenvalue weighted by molar-refractivity contribution is 5.92. The van der Waals surface area contributed by atoms with Crippen LogP contribution in [-0.4, -0.2) is 70.8 Å². The summed E-state index contributed by atoms with van der Waals surface area (Å²) in [6.07, 6.45) is 3.41. The normalized spacial score (nSPS) is 26.3. The van der Waals surface area contributed by atoms with Crippen molar-refractivity contribution in [1.82, 2.24) is 20.0 Å². The molecule has 2 aromatic carbocycles. The Morgan fingerprint density at radius 1 is 0.911 bits per heavy atom. The van der Waals surface area contributed by atoms with Crippen LogP contribution in [0.15, 0.2) is 54.6 Å². The monoisotopic (exact) mass is 619 g/mol. The SMILES string of the molecule is CN(CC12CC3CC(CC(C3)C1)C2)C(=O)c1ccc(N2CCN(Cc3cc(-c4cccc(O)c4)cc(C(F)(F)F)c3)CC2)nn1. The van der Waals surface area contributed by atoms with Gasteiger partial charge in [0.2, 0.25) is 0 Å². The van der Waals surface area contributed by atoms with Crippen molar-refractivity contribution in [1.29, 1.82) is 0 Å². The maximum atomic E-state index is 13.7. The number of rotatable bonds is 7. The van der Waals surface area contributed by atoms with E-state index in [4.69, 9.17) is 0 Å². The van der Waals surface area contributed by atoms with Gasteiger partial charge in [0.15, 0.2) is 11.5 Å². The lowest BCUT2D eigenvalue weighted by atomic mass is 9.49. The maximum Gasteiger partial charge on any atom is 0.416 e. The number of benzene rings is 2. The molecule has 5 fully saturated rings. The molecule has 0 unspecified atom stereocenters. The van der Waals surface area contributed by atoms with Gasteiger partial charge in [-0.2, -0.15) is 13.2 Å². The molecule has 10 heteroatoms. The second-order valence-corrected chi connectivity index (χ2v) is 14.1. The van der Waals surface area contributed by atoms with E-state index in [-0.39, 0.29) is 17.1 Å². The summed E-state index contributed by atoms with van der Waals surface area (Å²) in [6.45, 7) is 3.75. The molecular formula is C35H40F3N5O2. The average Bonchev–Trinajstić information content (AvgIpc) is 3.00. The van der Waals surface area contributed by atoms with Gasteiger partial charge in [-0.25, -0.2) is 0 Å². The Morgan fingerprint density at radius 2 is 1.60 bits per heavy atom. The number of alkyl halides is 3. The summed E-state index contributed by atoms with van der Waals surface area (Å²) in [7, 11) is 1.90. The Bertz CT molecular complexity index is 1520. The highest BCUT2D eigenvalue weighted by Crippen LogP contribution is 2.60. The molecule has 1 N–H and O–H groups in total. The number of piperazine rings is 1. The number of aromatic hydroxyl groups is 1. The molecule has 8 rings (SSSR count). The van der Waals surface area contributed by atoms with Crippen molar-refractivity contribution in [2.45, 2.75) is 51.2 Å². The number of nitrogens with zero attached hydrogens (tertiary/aromatic N) is 5. The Labute approximate surface area is 262 Å². The zero-order chi connectivity index (χ0) is 31.3. The molecule has 1 saturated heterocycles. The minimum atomic E-state index is -4.48. The highest BCUT2D eigenvalue weighted by Gasteiger charge is 2.51. The number of anilines is 1. The summed E-state index contributed by atoms with van der Waals surface area (Å²) in [5.41, 5.74) is 1.44. The number of halogens is 3. The third kappa shape index (κ3) is 6.39. The topological polar surface area (TPSA) is 72.8 Å². The van der Waals surface area contributed by atoms with Gasteiger partial charge in [0.25, 0.3) is 5.91 Å². The van der Waals surface area contributed by atoms with Crippen molar-refractivity contribution < 1.29 is 23.1 Å². The lowest BCUT2D eigenvalue weighted by molar-refractivity contribution is -0.137. The molecule has 0 radical (unpaired) electrons. The number of hydrogen-bond acceptors (Lipinski definition) is 6. The molecule has 5 aliphatic rings. The van der Waals surface area contributed by atoms with Gasteiger partial charge in [0.05, 0.1) is 5.56 Å². The maximum absolute atomic E-state index is 13.7. The van der Waals surface area contributed by atoms with E-state index >= 15 is 0 Å². The zero-order valence-electron chi connectivity index (χ0n) is 25.6.